The zero-order valence-electron chi connectivity index (χ0n) is 22.5. The van der Waals surface area contributed by atoms with Gasteiger partial charge in [0.2, 0.25) is 0 Å². The van der Waals surface area contributed by atoms with Gasteiger partial charge in [0.05, 0.1) is 12.2 Å². The van der Waals surface area contributed by atoms with E-state index in [-0.39, 0.29) is 17.7 Å². The molecule has 4 aromatic rings. The minimum atomic E-state index is -1.09. The van der Waals surface area contributed by atoms with Crippen LogP contribution in [0.1, 0.15) is 48.2 Å². The molecule has 0 saturated carbocycles. The van der Waals surface area contributed by atoms with Crippen molar-refractivity contribution in [3.05, 3.63) is 137 Å². The number of hydrogen-bond acceptors (Lipinski definition) is 4. The van der Waals surface area contributed by atoms with Crippen LogP contribution in [0.5, 0.6) is 17.2 Å². The third kappa shape index (κ3) is 6.62. The Morgan fingerprint density at radius 1 is 0.951 bits per heavy atom. The van der Waals surface area contributed by atoms with Gasteiger partial charge in [-0.25, -0.2) is 9.18 Å². The second-order valence-electron chi connectivity index (χ2n) is 10.1. The first-order valence-electron chi connectivity index (χ1n) is 13.3. The number of halogens is 2. The van der Waals surface area contributed by atoms with Gasteiger partial charge >= 0.3 is 5.97 Å². The van der Waals surface area contributed by atoms with Crippen molar-refractivity contribution in [2.45, 2.75) is 31.5 Å². The number of carboxylic acids is 1. The Morgan fingerprint density at radius 2 is 1.66 bits per heavy atom. The molecule has 0 spiro atoms. The molecule has 0 bridgehead atoms. The molecule has 1 saturated heterocycles. The molecule has 1 fully saturated rings. The molecule has 1 aliphatic heterocycles. The van der Waals surface area contributed by atoms with E-state index in [0.29, 0.717) is 34.3 Å². The van der Waals surface area contributed by atoms with Gasteiger partial charge in [-0.2, -0.15) is 0 Å². The van der Waals surface area contributed by atoms with Crippen molar-refractivity contribution in [1.29, 1.82) is 0 Å². The van der Waals surface area contributed by atoms with Crippen molar-refractivity contribution in [1.82, 2.24) is 0 Å². The summed E-state index contributed by atoms with van der Waals surface area (Å²) in [6.07, 6.45) is -0.417. The number of carboxylic acid groups (broad SMARTS) is 1. The molecular formula is C34H30ClFO5. The van der Waals surface area contributed by atoms with E-state index in [1.165, 1.54) is 12.1 Å². The fourth-order valence-corrected chi connectivity index (χ4v) is 5.63. The van der Waals surface area contributed by atoms with Crippen LogP contribution in [0.15, 0.2) is 109 Å². The molecule has 5 nitrogen and oxygen atoms in total. The number of benzene rings is 4. The number of ether oxygens (including phenoxy) is 3. The van der Waals surface area contributed by atoms with Gasteiger partial charge in [0.15, 0.2) is 6.61 Å². The maximum Gasteiger partial charge on any atom is 0.341 e. The third-order valence-electron chi connectivity index (χ3n) is 7.29. The molecule has 0 unspecified atom stereocenters. The molecule has 0 aliphatic carbocycles. The average molecular weight is 573 g/mol. The lowest BCUT2D eigenvalue weighted by atomic mass is 9.74. The summed E-state index contributed by atoms with van der Waals surface area (Å²) < 4.78 is 32.7. The first-order chi connectivity index (χ1) is 19.8. The van der Waals surface area contributed by atoms with E-state index in [2.05, 4.69) is 6.58 Å². The fraction of sp³-hybridized carbons (Fsp3) is 0.206. The largest absolute Gasteiger partial charge is 0.482 e. The van der Waals surface area contributed by atoms with Crippen molar-refractivity contribution in [3.63, 3.8) is 0 Å². The highest BCUT2D eigenvalue weighted by atomic mass is 35.5. The Hall–Kier alpha value is -4.13. The van der Waals surface area contributed by atoms with Crippen LogP contribution in [0.25, 0.3) is 0 Å². The van der Waals surface area contributed by atoms with Crippen molar-refractivity contribution in [3.8, 4) is 17.2 Å². The van der Waals surface area contributed by atoms with Crippen molar-refractivity contribution in [2.75, 3.05) is 6.61 Å². The fourth-order valence-electron chi connectivity index (χ4n) is 5.36. The average Bonchev–Trinajstić information content (AvgIpc) is 2.97. The number of para-hydroxylation sites is 1. The summed E-state index contributed by atoms with van der Waals surface area (Å²) >= 11 is 6.68. The highest BCUT2D eigenvalue weighted by molar-refractivity contribution is 6.31. The predicted octanol–water partition coefficient (Wildman–Crippen LogP) is 8.91. The maximum absolute atomic E-state index is 13.9. The van der Waals surface area contributed by atoms with Crippen LogP contribution < -0.4 is 9.47 Å². The normalized spacial score (nSPS) is 20.3. The summed E-state index contributed by atoms with van der Waals surface area (Å²) in [6.45, 7) is 5.72. The lowest BCUT2D eigenvalue weighted by Gasteiger charge is -2.43. The van der Waals surface area contributed by atoms with Crippen molar-refractivity contribution in [2.24, 2.45) is 5.92 Å². The standard InChI is InChI=1S/C34H30ClFO5/c1-21(2)27-19-28(26-10-6-7-11-30(26)35)33(22-12-14-23(36)15-13-22)41-34(27)29-18-25(40-24-8-4-3-5-9-24)16-17-31(29)39-20-32(37)38/h3-18,27-28,33-34H,1,19-20H2,2H3,(H,37,38)/t27-,28-,33+,34+/m1/s1. The molecule has 1 heterocycles. The van der Waals surface area contributed by atoms with E-state index in [0.717, 1.165) is 16.7 Å². The minimum absolute atomic E-state index is 0.153. The van der Waals surface area contributed by atoms with Gasteiger partial charge in [0, 0.05) is 22.4 Å². The zero-order valence-corrected chi connectivity index (χ0v) is 23.3. The number of hydrogen-bond donors (Lipinski definition) is 1. The lowest BCUT2D eigenvalue weighted by molar-refractivity contribution is -0.139. The first kappa shape index (κ1) is 28.4. The van der Waals surface area contributed by atoms with Gasteiger partial charge in [-0.05, 0) is 73.0 Å². The van der Waals surface area contributed by atoms with Crippen LogP contribution in [-0.2, 0) is 9.53 Å². The Bertz CT molecular complexity index is 1520. The maximum atomic E-state index is 13.9. The molecule has 1 aliphatic rings. The molecule has 4 atom stereocenters. The smallest absolute Gasteiger partial charge is 0.341 e. The van der Waals surface area contributed by atoms with Crippen LogP contribution in [0.2, 0.25) is 5.02 Å². The van der Waals surface area contributed by atoms with E-state index in [1.807, 2.05) is 67.6 Å². The SMILES string of the molecule is C=C(C)[C@H]1C[C@H](c2ccccc2Cl)[C@H](c2ccc(F)cc2)O[C@@H]1c1cc(Oc2ccccc2)ccc1OCC(=O)O. The van der Waals surface area contributed by atoms with Crippen LogP contribution in [0.4, 0.5) is 4.39 Å². The summed E-state index contributed by atoms with van der Waals surface area (Å²) in [5, 5.41) is 9.95. The first-order valence-corrected chi connectivity index (χ1v) is 13.7. The van der Waals surface area contributed by atoms with Crippen LogP contribution >= 0.6 is 11.6 Å². The quantitative estimate of drug-likeness (QED) is 0.203. The van der Waals surface area contributed by atoms with E-state index < -0.39 is 24.8 Å². The lowest BCUT2D eigenvalue weighted by Crippen LogP contribution is -2.32. The van der Waals surface area contributed by atoms with E-state index in [1.54, 1.807) is 24.3 Å². The zero-order chi connectivity index (χ0) is 28.9. The predicted molar refractivity (Wildman–Crippen MR) is 156 cm³/mol. The molecule has 210 valence electrons. The Balaban J connectivity index is 1.60. The number of rotatable bonds is 9. The van der Waals surface area contributed by atoms with Crippen LogP contribution in [0.3, 0.4) is 0 Å². The number of aliphatic carboxylic acids is 1. The van der Waals surface area contributed by atoms with Crippen molar-refractivity contribution >= 4 is 17.6 Å². The third-order valence-corrected chi connectivity index (χ3v) is 7.63. The molecule has 1 N–H and O–H groups in total. The van der Waals surface area contributed by atoms with Crippen LogP contribution in [0, 0.1) is 11.7 Å². The highest BCUT2D eigenvalue weighted by Crippen LogP contribution is 2.54. The second kappa shape index (κ2) is 12.6. The molecule has 0 radical (unpaired) electrons. The Morgan fingerprint density at radius 3 is 2.34 bits per heavy atom. The van der Waals surface area contributed by atoms with Crippen molar-refractivity contribution < 1.29 is 28.5 Å². The number of carbonyl (C=O) groups is 1. The summed E-state index contributed by atoms with van der Waals surface area (Å²) in [5.41, 5.74) is 3.25. The summed E-state index contributed by atoms with van der Waals surface area (Å²) in [5.74, 6) is -0.189. The van der Waals surface area contributed by atoms with Gasteiger partial charge in [-0.1, -0.05) is 72.3 Å². The van der Waals surface area contributed by atoms with E-state index >= 15 is 0 Å². The molecule has 41 heavy (non-hydrogen) atoms. The minimum Gasteiger partial charge on any atom is -0.482 e. The van der Waals surface area contributed by atoms with Gasteiger partial charge in [0.1, 0.15) is 23.1 Å². The molecule has 0 aromatic heterocycles. The van der Waals surface area contributed by atoms with Gasteiger partial charge in [0.25, 0.3) is 0 Å². The highest BCUT2D eigenvalue weighted by Gasteiger charge is 2.42. The summed E-state index contributed by atoms with van der Waals surface area (Å²) in [7, 11) is 0. The topological polar surface area (TPSA) is 65.0 Å². The van der Waals surface area contributed by atoms with Gasteiger partial charge in [-0.3, -0.25) is 0 Å². The molecular weight excluding hydrogens is 543 g/mol. The Labute approximate surface area is 243 Å². The Kier molecular flexibility index (Phi) is 8.72. The van der Waals surface area contributed by atoms with Crippen LogP contribution in [-0.4, -0.2) is 17.7 Å². The van der Waals surface area contributed by atoms with E-state index in [4.69, 9.17) is 25.8 Å². The summed E-state index contributed by atoms with van der Waals surface area (Å²) in [6, 6.07) is 28.5. The monoisotopic (exact) mass is 572 g/mol. The van der Waals surface area contributed by atoms with E-state index in [9.17, 15) is 14.3 Å². The molecule has 4 aromatic carbocycles. The van der Waals surface area contributed by atoms with Gasteiger partial charge < -0.3 is 19.3 Å². The molecule has 0 amide bonds. The van der Waals surface area contributed by atoms with Gasteiger partial charge in [-0.15, -0.1) is 0 Å². The molecule has 5 rings (SSSR count). The molecule has 7 heteroatoms. The summed E-state index contributed by atoms with van der Waals surface area (Å²) in [4.78, 5) is 11.4. The second-order valence-corrected chi connectivity index (χ2v) is 10.5.